The predicted molar refractivity (Wildman–Crippen MR) is 88.9 cm³/mol. The van der Waals surface area contributed by atoms with Crippen LogP contribution in [0.1, 0.15) is 33.1 Å². The van der Waals surface area contributed by atoms with Gasteiger partial charge in [-0.25, -0.2) is 4.79 Å². The van der Waals surface area contributed by atoms with Crippen molar-refractivity contribution in [2.75, 3.05) is 20.8 Å². The van der Waals surface area contributed by atoms with Crippen LogP contribution in [0.15, 0.2) is 42.5 Å². The molecule has 2 aromatic rings. The number of rotatable bonds is 2. The summed E-state index contributed by atoms with van der Waals surface area (Å²) in [6, 6.07) is 10.0. The summed E-state index contributed by atoms with van der Waals surface area (Å²) in [7, 11) is 3.19. The lowest BCUT2D eigenvalue weighted by Crippen LogP contribution is -2.26. The molecule has 2 aromatic carbocycles. The average Bonchev–Trinajstić information content (AvgIpc) is 2.78. The van der Waals surface area contributed by atoms with Crippen LogP contribution >= 0.6 is 0 Å². The highest BCUT2D eigenvalue weighted by molar-refractivity contribution is 5.89. The Hall–Kier alpha value is -2.54. The van der Waals surface area contributed by atoms with Crippen molar-refractivity contribution in [2.45, 2.75) is 18.8 Å². The second kappa shape index (κ2) is 6.99. The summed E-state index contributed by atoms with van der Waals surface area (Å²) in [5, 5.41) is 0. The molecule has 138 valence electrons. The maximum absolute atomic E-state index is 12.7. The molecule has 1 aliphatic heterocycles. The van der Waals surface area contributed by atoms with Crippen LogP contribution in [0.3, 0.4) is 0 Å². The van der Waals surface area contributed by atoms with Gasteiger partial charge in [0, 0.05) is 12.1 Å². The lowest BCUT2D eigenvalue weighted by Gasteiger charge is -2.25. The molecule has 1 atom stereocenters. The number of hydrogen-bond donors (Lipinski definition) is 0. The highest BCUT2D eigenvalue weighted by atomic mass is 19.4. The first-order valence-corrected chi connectivity index (χ1v) is 8.01. The number of esters is 1. The van der Waals surface area contributed by atoms with Crippen LogP contribution in [0.25, 0.3) is 0 Å². The molecule has 0 bridgehead atoms. The van der Waals surface area contributed by atoms with E-state index in [4.69, 9.17) is 9.47 Å². The molecule has 0 spiro atoms. The summed E-state index contributed by atoms with van der Waals surface area (Å²) in [4.78, 5) is 13.7. The summed E-state index contributed by atoms with van der Waals surface area (Å²) in [6.45, 7) is 0.808. The highest BCUT2D eigenvalue weighted by Gasteiger charge is 2.31. The van der Waals surface area contributed by atoms with Crippen LogP contribution in [-0.4, -0.2) is 31.6 Å². The van der Waals surface area contributed by atoms with E-state index < -0.39 is 17.7 Å². The molecule has 3 rings (SSSR count). The van der Waals surface area contributed by atoms with Gasteiger partial charge in [0.1, 0.15) is 12.4 Å². The van der Waals surface area contributed by atoms with Crippen molar-refractivity contribution >= 4 is 5.97 Å². The summed E-state index contributed by atoms with van der Waals surface area (Å²) >= 11 is 0. The van der Waals surface area contributed by atoms with Crippen molar-refractivity contribution in [3.63, 3.8) is 0 Å². The number of ether oxygens (including phenoxy) is 2. The molecule has 7 heteroatoms. The lowest BCUT2D eigenvalue weighted by molar-refractivity contribution is -0.137. The van der Waals surface area contributed by atoms with E-state index in [-0.39, 0.29) is 12.6 Å². The fourth-order valence-corrected chi connectivity index (χ4v) is 2.98. The largest absolute Gasteiger partial charge is 0.491 e. The first-order valence-electron chi connectivity index (χ1n) is 8.01. The van der Waals surface area contributed by atoms with Crippen LogP contribution in [0.4, 0.5) is 13.2 Å². The zero-order chi connectivity index (χ0) is 18.9. The zero-order valence-corrected chi connectivity index (χ0v) is 14.3. The highest BCUT2D eigenvalue weighted by Crippen LogP contribution is 2.34. The van der Waals surface area contributed by atoms with E-state index in [0.717, 1.165) is 23.3 Å². The monoisotopic (exact) mass is 365 g/mol. The SMILES string of the molecule is COC(=O)c1ccc2c(c1)OC[C@H](c1ccc(C(F)(F)F)cc1)N(C)C2. The molecule has 0 N–H and O–H groups in total. The van der Waals surface area contributed by atoms with Gasteiger partial charge < -0.3 is 9.47 Å². The fourth-order valence-electron chi connectivity index (χ4n) is 2.98. The summed E-state index contributed by atoms with van der Waals surface area (Å²) < 4.78 is 48.8. The van der Waals surface area contributed by atoms with Crippen molar-refractivity contribution in [3.8, 4) is 5.75 Å². The molecular formula is C19H18F3NO3. The quantitative estimate of drug-likeness (QED) is 0.753. The van der Waals surface area contributed by atoms with E-state index >= 15 is 0 Å². The smallest absolute Gasteiger partial charge is 0.416 e. The van der Waals surface area contributed by atoms with Gasteiger partial charge in [-0.05, 0) is 36.9 Å². The number of hydrogen-bond acceptors (Lipinski definition) is 4. The molecule has 26 heavy (non-hydrogen) atoms. The average molecular weight is 365 g/mol. The molecule has 0 unspecified atom stereocenters. The number of alkyl halides is 3. The van der Waals surface area contributed by atoms with E-state index in [1.54, 1.807) is 18.2 Å². The third-order valence-electron chi connectivity index (χ3n) is 4.46. The molecule has 0 fully saturated rings. The van der Waals surface area contributed by atoms with Crippen LogP contribution in [-0.2, 0) is 17.5 Å². The minimum Gasteiger partial charge on any atom is -0.491 e. The molecule has 0 saturated heterocycles. The zero-order valence-electron chi connectivity index (χ0n) is 14.3. The molecule has 0 amide bonds. The van der Waals surface area contributed by atoms with Crippen molar-refractivity contribution in [3.05, 3.63) is 64.7 Å². The molecular weight excluding hydrogens is 347 g/mol. The van der Waals surface area contributed by atoms with Crippen LogP contribution in [0, 0.1) is 0 Å². The molecule has 0 aromatic heterocycles. The van der Waals surface area contributed by atoms with Gasteiger partial charge in [-0.3, -0.25) is 4.90 Å². The van der Waals surface area contributed by atoms with Gasteiger partial charge in [0.2, 0.25) is 0 Å². The Kier molecular flexibility index (Phi) is 4.91. The Balaban J connectivity index is 1.83. The minimum absolute atomic E-state index is 0.203. The maximum atomic E-state index is 12.7. The van der Waals surface area contributed by atoms with Gasteiger partial charge in [0.25, 0.3) is 0 Å². The number of likely N-dealkylation sites (N-methyl/N-ethyl adjacent to an activating group) is 1. The third kappa shape index (κ3) is 3.67. The third-order valence-corrected chi connectivity index (χ3v) is 4.46. The number of halogens is 3. The Bertz CT molecular complexity index is 803. The lowest BCUT2D eigenvalue weighted by atomic mass is 10.0. The van der Waals surface area contributed by atoms with Gasteiger partial charge in [0.05, 0.1) is 24.3 Å². The number of fused-ring (bicyclic) bond motifs is 1. The molecule has 1 heterocycles. The van der Waals surface area contributed by atoms with Crippen LogP contribution < -0.4 is 4.74 Å². The van der Waals surface area contributed by atoms with E-state index in [1.807, 2.05) is 11.9 Å². The van der Waals surface area contributed by atoms with Gasteiger partial charge in [-0.2, -0.15) is 13.2 Å². The number of carbonyl (C=O) groups excluding carboxylic acids is 1. The van der Waals surface area contributed by atoms with Gasteiger partial charge in [-0.1, -0.05) is 18.2 Å². The topological polar surface area (TPSA) is 38.8 Å². The first-order chi connectivity index (χ1) is 12.3. The maximum Gasteiger partial charge on any atom is 0.416 e. The van der Waals surface area contributed by atoms with E-state index in [9.17, 15) is 18.0 Å². The molecule has 4 nitrogen and oxygen atoms in total. The van der Waals surface area contributed by atoms with Gasteiger partial charge in [-0.15, -0.1) is 0 Å². The fraction of sp³-hybridized carbons (Fsp3) is 0.316. The standard InChI is InChI=1S/C19H18F3NO3/c1-23-10-14-4-3-13(18(24)25-2)9-17(14)26-11-16(23)12-5-7-15(8-6-12)19(20,21)22/h3-9,16H,10-11H2,1-2H3/t16-/m1/s1. The Morgan fingerprint density at radius 1 is 1.19 bits per heavy atom. The number of carbonyl (C=O) groups is 1. The summed E-state index contributed by atoms with van der Waals surface area (Å²) in [5.41, 5.74) is 1.35. The molecule has 1 aliphatic rings. The second-order valence-corrected chi connectivity index (χ2v) is 6.18. The molecule has 0 saturated carbocycles. The van der Waals surface area contributed by atoms with Crippen LogP contribution in [0.5, 0.6) is 5.75 Å². The predicted octanol–water partition coefficient (Wildman–Crippen LogP) is 4.06. The van der Waals surface area contributed by atoms with Gasteiger partial charge >= 0.3 is 12.1 Å². The minimum atomic E-state index is -4.36. The van der Waals surface area contributed by atoms with E-state index in [0.29, 0.717) is 17.9 Å². The van der Waals surface area contributed by atoms with Gasteiger partial charge in [0.15, 0.2) is 0 Å². The van der Waals surface area contributed by atoms with Crippen molar-refractivity contribution in [2.24, 2.45) is 0 Å². The number of benzene rings is 2. The normalized spacial score (nSPS) is 17.8. The van der Waals surface area contributed by atoms with Crippen molar-refractivity contribution in [1.82, 2.24) is 4.90 Å². The van der Waals surface area contributed by atoms with Crippen LogP contribution in [0.2, 0.25) is 0 Å². The van der Waals surface area contributed by atoms with E-state index in [1.165, 1.54) is 19.2 Å². The Labute approximate surface area is 149 Å². The summed E-state index contributed by atoms with van der Waals surface area (Å²) in [5.74, 6) is 0.127. The van der Waals surface area contributed by atoms with E-state index in [2.05, 4.69) is 0 Å². The number of nitrogens with zero attached hydrogens (tertiary/aromatic N) is 1. The Morgan fingerprint density at radius 3 is 2.50 bits per heavy atom. The van der Waals surface area contributed by atoms with Crippen molar-refractivity contribution in [1.29, 1.82) is 0 Å². The Morgan fingerprint density at radius 2 is 1.88 bits per heavy atom. The number of methoxy groups -OCH3 is 1. The molecule has 0 radical (unpaired) electrons. The second-order valence-electron chi connectivity index (χ2n) is 6.18. The first kappa shape index (κ1) is 18.3. The van der Waals surface area contributed by atoms with Crippen molar-refractivity contribution < 1.29 is 27.4 Å². The molecule has 0 aliphatic carbocycles. The summed E-state index contributed by atoms with van der Waals surface area (Å²) in [6.07, 6.45) is -4.36.